The number of carbonyl (C=O) groups is 2. The zero-order valence-electron chi connectivity index (χ0n) is 11.0. The van der Waals surface area contributed by atoms with Gasteiger partial charge in [-0.3, -0.25) is 9.59 Å². The van der Waals surface area contributed by atoms with Crippen LogP contribution in [0, 0.1) is 0 Å². The highest BCUT2D eigenvalue weighted by atomic mass is 16.3. The van der Waals surface area contributed by atoms with Crippen molar-refractivity contribution in [1.29, 1.82) is 0 Å². The van der Waals surface area contributed by atoms with Crippen LogP contribution >= 0.6 is 0 Å². The van der Waals surface area contributed by atoms with Crippen LogP contribution in [0.1, 0.15) is 30.8 Å². The maximum atomic E-state index is 11.9. The first kappa shape index (κ1) is 13.3. The zero-order chi connectivity index (χ0) is 14.0. The highest BCUT2D eigenvalue weighted by Crippen LogP contribution is 2.16. The summed E-state index contributed by atoms with van der Waals surface area (Å²) >= 11 is 0. The Hall–Kier alpha value is -2.11. The normalized spacial score (nSPS) is 19.0. The van der Waals surface area contributed by atoms with Gasteiger partial charge in [-0.1, -0.05) is 0 Å². The van der Waals surface area contributed by atoms with Crippen molar-refractivity contribution >= 4 is 11.8 Å². The van der Waals surface area contributed by atoms with Crippen molar-refractivity contribution in [3.05, 3.63) is 24.0 Å². The second kappa shape index (κ2) is 5.26. The molecule has 6 heteroatoms. The molecule has 1 atom stereocenters. The minimum Gasteiger partial charge on any atom is -0.505 e. The van der Waals surface area contributed by atoms with E-state index in [1.54, 1.807) is 11.0 Å². The van der Waals surface area contributed by atoms with E-state index in [4.69, 9.17) is 0 Å². The lowest BCUT2D eigenvalue weighted by molar-refractivity contribution is -0.129. The SMILES string of the molecule is CC(C)N1CC(NC(=O)c2ncccc2O)CC1=O. The lowest BCUT2D eigenvalue weighted by Crippen LogP contribution is -2.39. The molecule has 19 heavy (non-hydrogen) atoms. The Balaban J connectivity index is 2.02. The van der Waals surface area contributed by atoms with Gasteiger partial charge in [0.05, 0.1) is 6.04 Å². The fourth-order valence-electron chi connectivity index (χ4n) is 2.15. The van der Waals surface area contributed by atoms with Gasteiger partial charge in [-0.2, -0.15) is 0 Å². The number of nitrogens with zero attached hydrogens (tertiary/aromatic N) is 2. The number of aromatic nitrogens is 1. The van der Waals surface area contributed by atoms with Gasteiger partial charge in [0, 0.05) is 25.2 Å². The molecule has 0 aliphatic carbocycles. The average molecular weight is 263 g/mol. The van der Waals surface area contributed by atoms with Gasteiger partial charge in [-0.25, -0.2) is 4.98 Å². The molecule has 1 aromatic rings. The maximum Gasteiger partial charge on any atom is 0.274 e. The Morgan fingerprint density at radius 2 is 2.32 bits per heavy atom. The number of pyridine rings is 1. The fourth-order valence-corrected chi connectivity index (χ4v) is 2.15. The van der Waals surface area contributed by atoms with Crippen LogP contribution in [0.3, 0.4) is 0 Å². The van der Waals surface area contributed by atoms with E-state index in [0.717, 1.165) is 0 Å². The summed E-state index contributed by atoms with van der Waals surface area (Å²) in [4.78, 5) is 29.2. The Morgan fingerprint density at radius 1 is 1.58 bits per heavy atom. The number of nitrogens with one attached hydrogen (secondary N) is 1. The van der Waals surface area contributed by atoms with Crippen LogP contribution in [0.4, 0.5) is 0 Å². The molecule has 1 aliphatic heterocycles. The topological polar surface area (TPSA) is 82.5 Å². The molecule has 0 bridgehead atoms. The number of aromatic hydroxyl groups is 1. The van der Waals surface area contributed by atoms with E-state index in [0.29, 0.717) is 6.54 Å². The second-order valence-electron chi connectivity index (χ2n) is 4.89. The summed E-state index contributed by atoms with van der Waals surface area (Å²) in [6, 6.07) is 2.84. The molecule has 0 spiro atoms. The minimum absolute atomic E-state index is 0.0158. The van der Waals surface area contributed by atoms with Crippen molar-refractivity contribution in [2.45, 2.75) is 32.4 Å². The Morgan fingerprint density at radius 3 is 2.89 bits per heavy atom. The number of carbonyl (C=O) groups excluding carboxylic acids is 2. The van der Waals surface area contributed by atoms with Gasteiger partial charge in [0.1, 0.15) is 5.75 Å². The molecule has 0 radical (unpaired) electrons. The van der Waals surface area contributed by atoms with E-state index in [-0.39, 0.29) is 35.9 Å². The van der Waals surface area contributed by atoms with Crippen LogP contribution in [0.15, 0.2) is 18.3 Å². The maximum absolute atomic E-state index is 11.9. The number of hydrogen-bond donors (Lipinski definition) is 2. The van der Waals surface area contributed by atoms with Crippen molar-refractivity contribution < 1.29 is 14.7 Å². The summed E-state index contributed by atoms with van der Waals surface area (Å²) in [5, 5.41) is 12.3. The second-order valence-corrected chi connectivity index (χ2v) is 4.89. The highest BCUT2D eigenvalue weighted by molar-refractivity contribution is 5.95. The molecule has 1 fully saturated rings. The minimum atomic E-state index is -0.457. The summed E-state index contributed by atoms with van der Waals surface area (Å²) in [5.41, 5.74) is -0.0158. The first-order valence-electron chi connectivity index (χ1n) is 6.23. The van der Waals surface area contributed by atoms with Gasteiger partial charge in [-0.05, 0) is 26.0 Å². The average Bonchev–Trinajstić information content (AvgIpc) is 2.70. The van der Waals surface area contributed by atoms with E-state index in [1.807, 2.05) is 13.8 Å². The predicted octanol–water partition coefficient (Wildman–Crippen LogP) is 0.526. The van der Waals surface area contributed by atoms with E-state index >= 15 is 0 Å². The van der Waals surface area contributed by atoms with Gasteiger partial charge < -0.3 is 15.3 Å². The lowest BCUT2D eigenvalue weighted by atomic mass is 10.2. The molecule has 2 rings (SSSR count). The molecule has 2 amide bonds. The van der Waals surface area contributed by atoms with Crippen LogP contribution in [0.2, 0.25) is 0 Å². The van der Waals surface area contributed by atoms with Gasteiger partial charge >= 0.3 is 0 Å². The molecule has 1 aliphatic rings. The Labute approximate surface area is 111 Å². The molecule has 102 valence electrons. The van der Waals surface area contributed by atoms with Crippen LogP contribution in [-0.4, -0.2) is 45.4 Å². The molecular weight excluding hydrogens is 246 g/mol. The lowest BCUT2D eigenvalue weighted by Gasteiger charge is -2.21. The van der Waals surface area contributed by atoms with Gasteiger partial charge in [0.2, 0.25) is 5.91 Å². The summed E-state index contributed by atoms with van der Waals surface area (Å²) in [5.74, 6) is -0.586. The Bertz CT molecular complexity index is 502. The summed E-state index contributed by atoms with van der Waals surface area (Å²) < 4.78 is 0. The van der Waals surface area contributed by atoms with Crippen molar-refractivity contribution in [2.75, 3.05) is 6.54 Å². The molecule has 1 aromatic heterocycles. The molecule has 6 nitrogen and oxygen atoms in total. The van der Waals surface area contributed by atoms with Crippen LogP contribution < -0.4 is 5.32 Å². The third-order valence-electron chi connectivity index (χ3n) is 3.12. The van der Waals surface area contributed by atoms with E-state index in [2.05, 4.69) is 10.3 Å². The molecule has 0 saturated carbocycles. The number of rotatable bonds is 3. The third kappa shape index (κ3) is 2.83. The van der Waals surface area contributed by atoms with Crippen LogP contribution in [0.5, 0.6) is 5.75 Å². The van der Waals surface area contributed by atoms with Crippen molar-refractivity contribution in [1.82, 2.24) is 15.2 Å². The third-order valence-corrected chi connectivity index (χ3v) is 3.12. The molecule has 2 N–H and O–H groups in total. The highest BCUT2D eigenvalue weighted by Gasteiger charge is 2.32. The predicted molar refractivity (Wildman–Crippen MR) is 68.6 cm³/mol. The molecular formula is C13H17N3O3. The summed E-state index contributed by atoms with van der Waals surface area (Å²) in [7, 11) is 0. The fraction of sp³-hybridized carbons (Fsp3) is 0.462. The summed E-state index contributed by atoms with van der Waals surface area (Å²) in [6.45, 7) is 4.37. The standard InChI is InChI=1S/C13H17N3O3/c1-8(2)16-7-9(6-11(16)18)15-13(19)12-10(17)4-3-5-14-12/h3-5,8-9,17H,6-7H2,1-2H3,(H,15,19). The van der Waals surface area contributed by atoms with E-state index < -0.39 is 5.91 Å². The smallest absolute Gasteiger partial charge is 0.274 e. The molecule has 2 heterocycles. The van der Waals surface area contributed by atoms with Gasteiger partial charge in [0.25, 0.3) is 5.91 Å². The first-order chi connectivity index (χ1) is 8.99. The molecule has 1 unspecified atom stereocenters. The van der Waals surface area contributed by atoms with E-state index in [9.17, 15) is 14.7 Å². The zero-order valence-corrected chi connectivity index (χ0v) is 11.0. The molecule has 1 saturated heterocycles. The van der Waals surface area contributed by atoms with Crippen molar-refractivity contribution in [3.63, 3.8) is 0 Å². The van der Waals surface area contributed by atoms with Gasteiger partial charge in [0.15, 0.2) is 5.69 Å². The number of likely N-dealkylation sites (tertiary alicyclic amines) is 1. The van der Waals surface area contributed by atoms with Gasteiger partial charge in [-0.15, -0.1) is 0 Å². The largest absolute Gasteiger partial charge is 0.505 e. The number of hydrogen-bond acceptors (Lipinski definition) is 4. The molecule has 0 aromatic carbocycles. The van der Waals surface area contributed by atoms with Crippen LogP contribution in [-0.2, 0) is 4.79 Å². The first-order valence-corrected chi connectivity index (χ1v) is 6.23. The quantitative estimate of drug-likeness (QED) is 0.833. The summed E-state index contributed by atoms with van der Waals surface area (Å²) in [6.07, 6.45) is 1.73. The van der Waals surface area contributed by atoms with Crippen molar-refractivity contribution in [2.24, 2.45) is 0 Å². The monoisotopic (exact) mass is 263 g/mol. The number of amides is 2. The Kier molecular flexibility index (Phi) is 3.69. The van der Waals surface area contributed by atoms with Crippen molar-refractivity contribution in [3.8, 4) is 5.75 Å². The van der Waals surface area contributed by atoms with E-state index in [1.165, 1.54) is 12.3 Å². The van der Waals surface area contributed by atoms with Crippen LogP contribution in [0.25, 0.3) is 0 Å².